The third-order valence-electron chi connectivity index (χ3n) is 3.09. The molecule has 0 radical (unpaired) electrons. The molecule has 1 amide bonds. The van der Waals surface area contributed by atoms with E-state index in [1.54, 1.807) is 40.7 Å². The number of nitrogens with zero attached hydrogens (tertiary/aromatic N) is 4. The molecule has 1 saturated heterocycles. The molecule has 8 heteroatoms. The monoisotopic (exact) mass is 312 g/mol. The summed E-state index contributed by atoms with van der Waals surface area (Å²) in [6, 6.07) is -0.563. The van der Waals surface area contributed by atoms with Crippen molar-refractivity contribution in [2.75, 3.05) is 13.2 Å². The lowest BCUT2D eigenvalue weighted by molar-refractivity contribution is -0.0660. The van der Waals surface area contributed by atoms with Crippen LogP contribution in [-0.4, -0.2) is 52.7 Å². The molecule has 0 saturated carbocycles. The summed E-state index contributed by atoms with van der Waals surface area (Å²) in [5.74, 6) is 0. The molecule has 2 atom stereocenters. The molecule has 1 aliphatic rings. The van der Waals surface area contributed by atoms with Gasteiger partial charge in [0.15, 0.2) is 0 Å². The highest BCUT2D eigenvalue weighted by molar-refractivity contribution is 5.70. The lowest BCUT2D eigenvalue weighted by Crippen LogP contribution is -2.53. The van der Waals surface area contributed by atoms with Crippen LogP contribution >= 0.6 is 0 Å². The molecule has 0 aromatic carbocycles. The first-order chi connectivity index (χ1) is 10.1. The number of amides is 1. The molecule has 124 valence electrons. The number of aliphatic hydroxyl groups is 1. The van der Waals surface area contributed by atoms with Gasteiger partial charge >= 0.3 is 6.09 Å². The van der Waals surface area contributed by atoms with E-state index in [1.165, 1.54) is 11.0 Å². The van der Waals surface area contributed by atoms with Gasteiger partial charge in [0.25, 0.3) is 0 Å². The molecular formula is C14H24N4O4. The van der Waals surface area contributed by atoms with Crippen molar-refractivity contribution in [2.24, 2.45) is 5.11 Å². The van der Waals surface area contributed by atoms with Crippen LogP contribution in [0.25, 0.3) is 10.4 Å². The van der Waals surface area contributed by atoms with Crippen LogP contribution in [-0.2, 0) is 9.47 Å². The molecule has 0 aromatic heterocycles. The Morgan fingerprint density at radius 1 is 1.64 bits per heavy atom. The molecule has 22 heavy (non-hydrogen) atoms. The van der Waals surface area contributed by atoms with Crippen LogP contribution in [0.3, 0.4) is 0 Å². The Balaban J connectivity index is 2.86. The second kappa shape index (κ2) is 7.00. The molecule has 0 bridgehead atoms. The van der Waals surface area contributed by atoms with Gasteiger partial charge in [-0.25, -0.2) is 4.79 Å². The van der Waals surface area contributed by atoms with E-state index in [-0.39, 0.29) is 13.2 Å². The Kier molecular flexibility index (Phi) is 5.82. The van der Waals surface area contributed by atoms with Crippen LogP contribution in [0.2, 0.25) is 0 Å². The molecule has 1 N–H and O–H groups in total. The van der Waals surface area contributed by atoms with Crippen LogP contribution in [0.1, 0.15) is 34.6 Å². The highest BCUT2D eigenvalue weighted by atomic mass is 16.6. The van der Waals surface area contributed by atoms with E-state index in [4.69, 9.17) is 15.0 Å². The van der Waals surface area contributed by atoms with Crippen LogP contribution in [0.4, 0.5) is 4.79 Å². The summed E-state index contributed by atoms with van der Waals surface area (Å²) in [5, 5.41) is 13.6. The minimum Gasteiger partial charge on any atom is -0.444 e. The lowest BCUT2D eigenvalue weighted by atomic mass is 10.1. The Morgan fingerprint density at radius 2 is 2.27 bits per heavy atom. The van der Waals surface area contributed by atoms with Gasteiger partial charge in [0.1, 0.15) is 11.3 Å². The number of ether oxygens (including phenoxy) is 2. The van der Waals surface area contributed by atoms with Crippen molar-refractivity contribution in [3.63, 3.8) is 0 Å². The van der Waals surface area contributed by atoms with E-state index in [9.17, 15) is 9.90 Å². The number of azide groups is 1. The van der Waals surface area contributed by atoms with Crippen molar-refractivity contribution in [1.82, 2.24) is 4.90 Å². The minimum absolute atomic E-state index is 0.136. The van der Waals surface area contributed by atoms with E-state index >= 15 is 0 Å². The molecule has 0 aliphatic carbocycles. The van der Waals surface area contributed by atoms with Crippen molar-refractivity contribution in [3.05, 3.63) is 22.6 Å². The molecular weight excluding hydrogens is 288 g/mol. The third-order valence-corrected chi connectivity index (χ3v) is 3.09. The van der Waals surface area contributed by atoms with Gasteiger partial charge in [-0.2, -0.15) is 0 Å². The van der Waals surface area contributed by atoms with Gasteiger partial charge in [-0.15, -0.1) is 0 Å². The zero-order valence-electron chi connectivity index (χ0n) is 13.7. The number of hydrogen-bond acceptors (Lipinski definition) is 5. The fourth-order valence-corrected chi connectivity index (χ4v) is 2.16. The Bertz CT molecular complexity index is 478. The van der Waals surface area contributed by atoms with Gasteiger partial charge in [-0.1, -0.05) is 17.3 Å². The van der Waals surface area contributed by atoms with E-state index in [0.717, 1.165) is 0 Å². The quantitative estimate of drug-likeness (QED) is 0.372. The Hall–Kier alpha value is -1.76. The second-order valence-corrected chi connectivity index (χ2v) is 6.51. The van der Waals surface area contributed by atoms with Crippen LogP contribution < -0.4 is 0 Å². The summed E-state index contributed by atoms with van der Waals surface area (Å²) < 4.78 is 11.0. The zero-order valence-corrected chi connectivity index (χ0v) is 13.7. The predicted molar refractivity (Wildman–Crippen MR) is 81.1 cm³/mol. The molecule has 1 rings (SSSR count). The first-order valence-corrected chi connectivity index (χ1v) is 7.10. The predicted octanol–water partition coefficient (Wildman–Crippen LogP) is 2.59. The number of carbonyl (C=O) groups is 1. The van der Waals surface area contributed by atoms with Gasteiger partial charge in [0, 0.05) is 11.5 Å². The van der Waals surface area contributed by atoms with E-state index < -0.39 is 29.6 Å². The number of carbonyl (C=O) groups excluding carboxylic acids is 1. The fourth-order valence-electron chi connectivity index (χ4n) is 2.16. The summed E-state index contributed by atoms with van der Waals surface area (Å²) >= 11 is 0. The molecule has 0 aromatic rings. The zero-order chi connectivity index (χ0) is 17.0. The van der Waals surface area contributed by atoms with Crippen molar-refractivity contribution in [3.8, 4) is 0 Å². The van der Waals surface area contributed by atoms with Crippen LogP contribution in [0.15, 0.2) is 17.3 Å². The van der Waals surface area contributed by atoms with Crippen LogP contribution in [0.5, 0.6) is 0 Å². The van der Waals surface area contributed by atoms with Gasteiger partial charge < -0.3 is 14.6 Å². The number of rotatable bonds is 4. The highest BCUT2D eigenvalue weighted by Gasteiger charge is 2.47. The normalized spacial score (nSPS) is 22.5. The maximum Gasteiger partial charge on any atom is 0.413 e. The number of hydrogen-bond donors (Lipinski definition) is 1. The molecule has 1 aliphatic heterocycles. The first-order valence-electron chi connectivity index (χ1n) is 7.10. The largest absolute Gasteiger partial charge is 0.444 e. The fraction of sp³-hybridized carbons (Fsp3) is 0.786. The SMILES string of the molecule is CC(C)(C)OC(=O)N1C(C(O)C=CCN=[N+]=[N-])COC1(C)C. The maximum absolute atomic E-state index is 12.4. The molecule has 0 spiro atoms. The van der Waals surface area contributed by atoms with Crippen molar-refractivity contribution in [2.45, 2.75) is 58.1 Å². The summed E-state index contributed by atoms with van der Waals surface area (Å²) in [6.45, 7) is 9.15. The minimum atomic E-state index is -0.941. The summed E-state index contributed by atoms with van der Waals surface area (Å²) in [7, 11) is 0. The van der Waals surface area contributed by atoms with E-state index in [2.05, 4.69) is 10.0 Å². The van der Waals surface area contributed by atoms with Gasteiger partial charge in [-0.05, 0) is 40.1 Å². The first kappa shape index (κ1) is 18.3. The second-order valence-electron chi connectivity index (χ2n) is 6.51. The standard InChI is InChI=1S/C14H24N4O4/c1-13(2,3)22-12(20)18-10(9-21-14(18,4)5)11(19)7-6-8-16-17-15/h6-7,10-11,19H,8-9H2,1-5H3. The number of aliphatic hydroxyl groups excluding tert-OH is 1. The van der Waals surface area contributed by atoms with E-state index in [0.29, 0.717) is 0 Å². The average molecular weight is 312 g/mol. The summed E-state index contributed by atoms with van der Waals surface area (Å²) in [4.78, 5) is 16.4. The summed E-state index contributed by atoms with van der Waals surface area (Å²) in [5.41, 5.74) is 6.70. The van der Waals surface area contributed by atoms with Crippen molar-refractivity contribution < 1.29 is 19.4 Å². The van der Waals surface area contributed by atoms with Gasteiger partial charge in [0.05, 0.1) is 18.8 Å². The topological polar surface area (TPSA) is 108 Å². The molecule has 1 fully saturated rings. The van der Waals surface area contributed by atoms with Gasteiger partial charge in [0.2, 0.25) is 0 Å². The maximum atomic E-state index is 12.4. The summed E-state index contributed by atoms with van der Waals surface area (Å²) in [6.07, 6.45) is 1.55. The lowest BCUT2D eigenvalue weighted by Gasteiger charge is -2.36. The molecule has 1 heterocycles. The molecule has 8 nitrogen and oxygen atoms in total. The average Bonchev–Trinajstić information content (AvgIpc) is 2.68. The third kappa shape index (κ3) is 4.91. The molecule has 2 unspecified atom stereocenters. The van der Waals surface area contributed by atoms with Crippen molar-refractivity contribution >= 4 is 6.09 Å². The van der Waals surface area contributed by atoms with Gasteiger partial charge in [-0.3, -0.25) is 4.90 Å². The smallest absolute Gasteiger partial charge is 0.413 e. The van der Waals surface area contributed by atoms with Crippen molar-refractivity contribution in [1.29, 1.82) is 0 Å². The van der Waals surface area contributed by atoms with Crippen LogP contribution in [0, 0.1) is 0 Å². The van der Waals surface area contributed by atoms with E-state index in [1.807, 2.05) is 0 Å². The Morgan fingerprint density at radius 3 is 2.82 bits per heavy atom. The Labute approximate surface area is 130 Å². The highest BCUT2D eigenvalue weighted by Crippen LogP contribution is 2.31.